The molecule has 1 aromatic heterocycles. The molecular formula is C14H23N3O3. The maximum Gasteiger partial charge on any atom is 0.324 e. The highest BCUT2D eigenvalue weighted by Gasteiger charge is 2.27. The zero-order chi connectivity index (χ0) is 14.7. The summed E-state index contributed by atoms with van der Waals surface area (Å²) < 4.78 is 5.30. The number of rotatable bonds is 5. The van der Waals surface area contributed by atoms with E-state index >= 15 is 0 Å². The lowest BCUT2D eigenvalue weighted by Gasteiger charge is -2.33. The molecule has 1 fully saturated rings. The summed E-state index contributed by atoms with van der Waals surface area (Å²) in [6, 6.07) is 0.595. The number of nitrogens with zero attached hydrogens (tertiary/aromatic N) is 3. The highest BCUT2D eigenvalue weighted by atomic mass is 16.5. The molecular weight excluding hydrogens is 258 g/mol. The third kappa shape index (κ3) is 3.49. The first kappa shape index (κ1) is 14.8. The van der Waals surface area contributed by atoms with E-state index < -0.39 is 5.97 Å². The molecule has 0 amide bonds. The summed E-state index contributed by atoms with van der Waals surface area (Å²) in [5.41, 5.74) is 0. The Hall–Kier alpha value is -1.59. The van der Waals surface area contributed by atoms with Gasteiger partial charge >= 0.3 is 12.0 Å². The predicted molar refractivity (Wildman–Crippen MR) is 74.7 cm³/mol. The molecule has 0 bridgehead atoms. The van der Waals surface area contributed by atoms with Crippen molar-refractivity contribution in [2.45, 2.75) is 46.0 Å². The molecule has 1 aliphatic rings. The molecule has 112 valence electrons. The summed E-state index contributed by atoms with van der Waals surface area (Å²) in [7, 11) is 0. The minimum atomic E-state index is -0.710. The van der Waals surface area contributed by atoms with E-state index in [0.717, 1.165) is 31.8 Å². The van der Waals surface area contributed by atoms with Gasteiger partial charge in [-0.05, 0) is 24.7 Å². The second kappa shape index (κ2) is 6.24. The molecule has 2 rings (SSSR count). The fraction of sp³-hybridized carbons (Fsp3) is 0.786. The van der Waals surface area contributed by atoms with Crippen LogP contribution in [0.1, 0.15) is 51.8 Å². The number of aromatic nitrogens is 2. The molecule has 0 unspecified atom stereocenters. The predicted octanol–water partition coefficient (Wildman–Crippen LogP) is 2.52. The number of hydrogen-bond acceptors (Lipinski definition) is 5. The molecule has 0 aliphatic carbocycles. The van der Waals surface area contributed by atoms with Crippen LogP contribution in [0.15, 0.2) is 4.52 Å². The lowest BCUT2D eigenvalue weighted by Crippen LogP contribution is -2.36. The van der Waals surface area contributed by atoms with Crippen molar-refractivity contribution in [1.29, 1.82) is 0 Å². The lowest BCUT2D eigenvalue weighted by molar-refractivity contribution is -0.138. The van der Waals surface area contributed by atoms with Crippen LogP contribution in [0.2, 0.25) is 0 Å². The summed E-state index contributed by atoms with van der Waals surface area (Å²) >= 11 is 0. The lowest BCUT2D eigenvalue weighted by atomic mass is 9.84. The fourth-order valence-corrected chi connectivity index (χ4v) is 2.69. The zero-order valence-corrected chi connectivity index (χ0v) is 12.4. The van der Waals surface area contributed by atoms with Crippen molar-refractivity contribution in [2.24, 2.45) is 11.8 Å². The van der Waals surface area contributed by atoms with Gasteiger partial charge in [-0.1, -0.05) is 25.9 Å². The first-order chi connectivity index (χ1) is 9.47. The molecule has 0 radical (unpaired) electrons. The zero-order valence-electron chi connectivity index (χ0n) is 12.4. The van der Waals surface area contributed by atoms with Crippen molar-refractivity contribution >= 4 is 12.0 Å². The number of carboxylic acid groups (broad SMARTS) is 1. The van der Waals surface area contributed by atoms with Gasteiger partial charge in [-0.25, -0.2) is 0 Å². The Bertz CT molecular complexity index is 450. The van der Waals surface area contributed by atoms with Crippen molar-refractivity contribution in [3.05, 3.63) is 5.82 Å². The van der Waals surface area contributed by atoms with Crippen LogP contribution in [0.3, 0.4) is 0 Å². The van der Waals surface area contributed by atoms with E-state index in [2.05, 4.69) is 15.0 Å². The Labute approximate surface area is 119 Å². The van der Waals surface area contributed by atoms with E-state index in [-0.39, 0.29) is 18.3 Å². The quantitative estimate of drug-likeness (QED) is 0.893. The van der Waals surface area contributed by atoms with Crippen molar-refractivity contribution in [2.75, 3.05) is 18.0 Å². The van der Waals surface area contributed by atoms with Gasteiger partial charge in [0.05, 0.1) is 0 Å². The molecule has 0 spiro atoms. The third-order valence-corrected chi connectivity index (χ3v) is 4.06. The van der Waals surface area contributed by atoms with Crippen LogP contribution in [0.5, 0.6) is 0 Å². The van der Waals surface area contributed by atoms with E-state index in [9.17, 15) is 4.79 Å². The molecule has 2 heterocycles. The second-order valence-corrected chi connectivity index (χ2v) is 5.99. The fourth-order valence-electron chi connectivity index (χ4n) is 2.69. The van der Waals surface area contributed by atoms with E-state index in [0.29, 0.717) is 11.9 Å². The Morgan fingerprint density at radius 3 is 2.55 bits per heavy atom. The molecule has 1 saturated heterocycles. The van der Waals surface area contributed by atoms with Gasteiger partial charge in [-0.15, -0.1) is 0 Å². The molecule has 1 aliphatic heterocycles. The third-order valence-electron chi connectivity index (χ3n) is 4.06. The number of carbonyl (C=O) groups is 1. The Balaban J connectivity index is 1.88. The standard InChI is InChI=1S/C14H23N3O3/c1-9(2)13-15-14(20-16-13)17-6-4-11(5-7-17)10(3)8-12(18)19/h9-11H,4-8H2,1-3H3,(H,18,19)/t10-/m1/s1. The van der Waals surface area contributed by atoms with Gasteiger partial charge in [0.25, 0.3) is 0 Å². The molecule has 1 N–H and O–H groups in total. The van der Waals surface area contributed by atoms with Gasteiger partial charge in [0, 0.05) is 25.4 Å². The van der Waals surface area contributed by atoms with E-state index in [1.54, 1.807) is 0 Å². The Morgan fingerprint density at radius 2 is 2.05 bits per heavy atom. The van der Waals surface area contributed by atoms with E-state index in [1.807, 2.05) is 20.8 Å². The van der Waals surface area contributed by atoms with Gasteiger partial charge in [0.1, 0.15) is 0 Å². The van der Waals surface area contributed by atoms with Crippen LogP contribution in [-0.2, 0) is 4.79 Å². The SMILES string of the molecule is CC(C)c1noc(N2CCC([C@H](C)CC(=O)O)CC2)n1. The molecule has 1 atom stereocenters. The molecule has 6 heteroatoms. The largest absolute Gasteiger partial charge is 0.481 e. The van der Waals surface area contributed by atoms with E-state index in [1.165, 1.54) is 0 Å². The molecule has 0 saturated carbocycles. The maximum atomic E-state index is 10.8. The summed E-state index contributed by atoms with van der Waals surface area (Å²) in [5, 5.41) is 12.8. The van der Waals surface area contributed by atoms with Crippen LogP contribution >= 0.6 is 0 Å². The van der Waals surface area contributed by atoms with Crippen molar-refractivity contribution < 1.29 is 14.4 Å². The Morgan fingerprint density at radius 1 is 1.40 bits per heavy atom. The molecule has 6 nitrogen and oxygen atoms in total. The minimum absolute atomic E-state index is 0.226. The topological polar surface area (TPSA) is 79.5 Å². The summed E-state index contributed by atoms with van der Waals surface area (Å²) in [5.74, 6) is 0.985. The van der Waals surface area contributed by atoms with Crippen LogP contribution in [-0.4, -0.2) is 34.3 Å². The summed E-state index contributed by atoms with van der Waals surface area (Å²) in [4.78, 5) is 17.3. The highest BCUT2D eigenvalue weighted by Crippen LogP contribution is 2.29. The number of carboxylic acids is 1. The van der Waals surface area contributed by atoms with E-state index in [4.69, 9.17) is 9.63 Å². The van der Waals surface area contributed by atoms with Gasteiger partial charge in [-0.2, -0.15) is 4.98 Å². The number of piperidine rings is 1. The van der Waals surface area contributed by atoms with Crippen LogP contribution in [0.25, 0.3) is 0 Å². The van der Waals surface area contributed by atoms with Crippen LogP contribution in [0, 0.1) is 11.8 Å². The number of anilines is 1. The monoisotopic (exact) mass is 281 g/mol. The molecule has 20 heavy (non-hydrogen) atoms. The first-order valence-corrected chi connectivity index (χ1v) is 7.27. The van der Waals surface area contributed by atoms with Crippen LogP contribution in [0.4, 0.5) is 6.01 Å². The van der Waals surface area contributed by atoms with Gasteiger partial charge in [0.15, 0.2) is 5.82 Å². The van der Waals surface area contributed by atoms with Gasteiger partial charge in [0.2, 0.25) is 0 Å². The average Bonchev–Trinajstić information content (AvgIpc) is 2.88. The number of hydrogen-bond donors (Lipinski definition) is 1. The Kier molecular flexibility index (Phi) is 4.62. The minimum Gasteiger partial charge on any atom is -0.481 e. The normalized spacial score (nSPS) is 18.5. The highest BCUT2D eigenvalue weighted by molar-refractivity contribution is 5.67. The average molecular weight is 281 g/mol. The van der Waals surface area contributed by atoms with Crippen molar-refractivity contribution in [3.8, 4) is 0 Å². The molecule has 0 aromatic carbocycles. The summed E-state index contributed by atoms with van der Waals surface area (Å²) in [6.45, 7) is 7.81. The smallest absolute Gasteiger partial charge is 0.324 e. The van der Waals surface area contributed by atoms with Gasteiger partial charge < -0.3 is 14.5 Å². The molecule has 1 aromatic rings. The van der Waals surface area contributed by atoms with Crippen molar-refractivity contribution in [3.63, 3.8) is 0 Å². The summed E-state index contributed by atoms with van der Waals surface area (Å²) in [6.07, 6.45) is 2.21. The maximum absolute atomic E-state index is 10.8. The second-order valence-electron chi connectivity index (χ2n) is 5.99. The van der Waals surface area contributed by atoms with Gasteiger partial charge in [-0.3, -0.25) is 4.79 Å². The van der Waals surface area contributed by atoms with Crippen molar-refractivity contribution in [1.82, 2.24) is 10.1 Å². The number of aliphatic carboxylic acids is 1. The first-order valence-electron chi connectivity index (χ1n) is 7.27. The van der Waals surface area contributed by atoms with Crippen LogP contribution < -0.4 is 4.90 Å².